The van der Waals surface area contributed by atoms with Crippen LogP contribution in [0.4, 0.5) is 5.69 Å². The van der Waals surface area contributed by atoms with Crippen LogP contribution >= 0.6 is 0 Å². The maximum atomic E-state index is 12.7. The number of hydrogen-bond donors (Lipinski definition) is 1. The summed E-state index contributed by atoms with van der Waals surface area (Å²) in [6.07, 6.45) is 0.0211. The Bertz CT molecular complexity index is 1200. The fourth-order valence-electron chi connectivity index (χ4n) is 3.41. The number of nitrogens with one attached hydrogen (secondary N) is 1. The Hall–Kier alpha value is -3.33. The fourth-order valence-corrected chi connectivity index (χ4v) is 4.52. The van der Waals surface area contributed by atoms with E-state index < -0.39 is 21.7 Å². The van der Waals surface area contributed by atoms with Gasteiger partial charge in [-0.2, -0.15) is 5.10 Å². The first kappa shape index (κ1) is 24.3. The molecular weight excluding hydrogens is 440 g/mol. The molecule has 0 aliphatic heterocycles. The van der Waals surface area contributed by atoms with Crippen molar-refractivity contribution < 1.29 is 17.9 Å². The number of hydrogen-bond acceptors (Lipinski definition) is 5. The van der Waals surface area contributed by atoms with E-state index >= 15 is 0 Å². The summed E-state index contributed by atoms with van der Waals surface area (Å²) in [4.78, 5) is 14.1. The number of para-hydroxylation sites is 1. The Morgan fingerprint density at radius 1 is 1.09 bits per heavy atom. The lowest BCUT2D eigenvalue weighted by Crippen LogP contribution is -2.34. The van der Waals surface area contributed by atoms with Crippen LogP contribution in [0.1, 0.15) is 30.8 Å². The summed E-state index contributed by atoms with van der Waals surface area (Å²) in [6, 6.07) is 16.3. The molecule has 1 aromatic heterocycles. The van der Waals surface area contributed by atoms with Gasteiger partial charge in [0.15, 0.2) is 0 Å². The Kier molecular flexibility index (Phi) is 7.43. The third-order valence-corrected chi connectivity index (χ3v) is 6.25. The van der Waals surface area contributed by atoms with Crippen molar-refractivity contribution in [2.45, 2.75) is 40.3 Å². The number of aromatic nitrogens is 2. The summed E-state index contributed by atoms with van der Waals surface area (Å²) in [5.74, 6) is -0.516. The second kappa shape index (κ2) is 10.1. The molecule has 33 heavy (non-hydrogen) atoms. The number of sulfonamides is 1. The predicted octanol–water partition coefficient (Wildman–Crippen LogP) is 3.68. The van der Waals surface area contributed by atoms with Crippen molar-refractivity contribution in [1.29, 1.82) is 0 Å². The van der Waals surface area contributed by atoms with Gasteiger partial charge in [-0.15, -0.1) is 0 Å². The minimum absolute atomic E-state index is 0.0211. The summed E-state index contributed by atoms with van der Waals surface area (Å²) in [6.45, 7) is 7.90. The van der Waals surface area contributed by atoms with Crippen molar-refractivity contribution in [2.75, 3.05) is 17.5 Å². The van der Waals surface area contributed by atoms with Crippen molar-refractivity contribution in [3.05, 3.63) is 71.5 Å². The number of ether oxygens (including phenoxy) is 1. The largest absolute Gasteiger partial charge is 0.491 e. The molecule has 1 N–H and O–H groups in total. The van der Waals surface area contributed by atoms with Crippen LogP contribution in [0, 0.1) is 13.8 Å². The third kappa shape index (κ3) is 6.35. The van der Waals surface area contributed by atoms with Gasteiger partial charge in [-0.25, -0.2) is 13.1 Å². The lowest BCUT2D eigenvalue weighted by molar-refractivity contribution is -0.127. The Morgan fingerprint density at radius 2 is 1.73 bits per heavy atom. The molecule has 9 heteroatoms. The van der Waals surface area contributed by atoms with E-state index in [0.29, 0.717) is 11.4 Å². The van der Waals surface area contributed by atoms with Gasteiger partial charge in [0.05, 0.1) is 17.5 Å². The molecule has 2 aromatic carbocycles. The van der Waals surface area contributed by atoms with Gasteiger partial charge in [0.2, 0.25) is 15.9 Å². The minimum Gasteiger partial charge on any atom is -0.491 e. The van der Waals surface area contributed by atoms with E-state index in [4.69, 9.17) is 4.74 Å². The Morgan fingerprint density at radius 3 is 2.33 bits per heavy atom. The highest BCUT2D eigenvalue weighted by atomic mass is 32.2. The molecule has 0 radical (unpaired) electrons. The second-order valence-electron chi connectivity index (χ2n) is 8.20. The highest BCUT2D eigenvalue weighted by molar-refractivity contribution is 7.93. The van der Waals surface area contributed by atoms with E-state index in [1.807, 2.05) is 62.7 Å². The summed E-state index contributed by atoms with van der Waals surface area (Å²) >= 11 is 0. The normalized spacial score (nSPS) is 11.5. The number of rotatable bonds is 9. The van der Waals surface area contributed by atoms with Gasteiger partial charge in [0.1, 0.15) is 11.5 Å². The van der Waals surface area contributed by atoms with Crippen LogP contribution in [0.25, 0.3) is 5.69 Å². The average Bonchev–Trinajstić information content (AvgIpc) is 3.03. The van der Waals surface area contributed by atoms with E-state index in [1.165, 1.54) is 4.90 Å². The second-order valence-corrected chi connectivity index (χ2v) is 9.92. The van der Waals surface area contributed by atoms with Crippen LogP contribution in [0.3, 0.4) is 0 Å². The third-order valence-electron chi connectivity index (χ3n) is 5.08. The molecule has 3 rings (SSSR count). The van der Waals surface area contributed by atoms with Crippen LogP contribution in [-0.4, -0.2) is 47.9 Å². The number of carbonyl (C=O) groups is 1. The molecule has 0 fully saturated rings. The van der Waals surface area contributed by atoms with Gasteiger partial charge in [0.25, 0.3) is 0 Å². The minimum atomic E-state index is -3.87. The van der Waals surface area contributed by atoms with Crippen molar-refractivity contribution in [3.63, 3.8) is 0 Å². The number of benzene rings is 2. The number of nitrogens with zero attached hydrogens (tertiary/aromatic N) is 3. The maximum absolute atomic E-state index is 12.7. The smallest absolute Gasteiger partial charge is 0.241 e. The van der Waals surface area contributed by atoms with Gasteiger partial charge < -0.3 is 9.64 Å². The number of anilines is 1. The molecule has 0 aliphatic rings. The van der Waals surface area contributed by atoms with Crippen LogP contribution in [-0.2, 0) is 21.4 Å². The first-order valence-corrected chi connectivity index (χ1v) is 12.3. The van der Waals surface area contributed by atoms with E-state index in [2.05, 4.69) is 9.82 Å². The highest BCUT2D eigenvalue weighted by Gasteiger charge is 2.22. The van der Waals surface area contributed by atoms with Gasteiger partial charge in [0, 0.05) is 30.5 Å². The van der Waals surface area contributed by atoms with Gasteiger partial charge in [-0.3, -0.25) is 9.52 Å². The molecule has 3 aromatic rings. The topological polar surface area (TPSA) is 93.5 Å². The zero-order chi connectivity index (χ0) is 24.2. The molecule has 1 heterocycles. The summed E-state index contributed by atoms with van der Waals surface area (Å²) < 4.78 is 34.9. The van der Waals surface area contributed by atoms with Crippen LogP contribution in [0.15, 0.2) is 54.6 Å². The van der Waals surface area contributed by atoms with Crippen molar-refractivity contribution in [2.24, 2.45) is 0 Å². The van der Waals surface area contributed by atoms with Gasteiger partial charge in [-0.05, 0) is 64.1 Å². The van der Waals surface area contributed by atoms with Crippen LogP contribution in [0.2, 0.25) is 0 Å². The first-order valence-electron chi connectivity index (χ1n) is 10.7. The lowest BCUT2D eigenvalue weighted by atomic mass is 10.2. The summed E-state index contributed by atoms with van der Waals surface area (Å²) in [5.41, 5.74) is 3.89. The lowest BCUT2D eigenvalue weighted by Gasteiger charge is -2.18. The van der Waals surface area contributed by atoms with E-state index in [-0.39, 0.29) is 12.6 Å². The first-order chi connectivity index (χ1) is 15.6. The van der Waals surface area contributed by atoms with Gasteiger partial charge >= 0.3 is 0 Å². The van der Waals surface area contributed by atoms with Crippen LogP contribution < -0.4 is 9.46 Å². The van der Waals surface area contributed by atoms with E-state index in [9.17, 15) is 13.2 Å². The fraction of sp³-hybridized carbons (Fsp3) is 0.333. The number of aryl methyl sites for hydroxylation is 1. The zero-order valence-corrected chi connectivity index (χ0v) is 20.4. The van der Waals surface area contributed by atoms with Crippen LogP contribution in [0.5, 0.6) is 5.75 Å². The quantitative estimate of drug-likeness (QED) is 0.515. The SMILES string of the molecule is Cc1nn(-c2ccccc2)c(C)c1CN(C)C(=O)CS(=O)(=O)Nc1ccc(OC(C)C)cc1. The number of carbonyl (C=O) groups excluding carboxylic acids is 1. The molecule has 0 unspecified atom stereocenters. The molecule has 0 spiro atoms. The zero-order valence-electron chi connectivity index (χ0n) is 19.6. The standard InChI is InChI=1S/C24H30N4O4S/c1-17(2)32-22-13-11-20(12-14-22)26-33(30,31)16-24(29)27(5)15-23-18(3)25-28(19(23)4)21-9-7-6-8-10-21/h6-14,17,26H,15-16H2,1-5H3. The van der Waals surface area contributed by atoms with Crippen molar-refractivity contribution in [1.82, 2.24) is 14.7 Å². The molecule has 0 saturated carbocycles. The summed E-state index contributed by atoms with van der Waals surface area (Å²) in [7, 11) is -2.28. The molecule has 8 nitrogen and oxygen atoms in total. The molecule has 0 bridgehead atoms. The molecular formula is C24H30N4O4S. The highest BCUT2D eigenvalue weighted by Crippen LogP contribution is 2.20. The summed E-state index contributed by atoms with van der Waals surface area (Å²) in [5, 5.41) is 4.59. The van der Waals surface area contributed by atoms with Gasteiger partial charge in [-0.1, -0.05) is 18.2 Å². The average molecular weight is 471 g/mol. The van der Waals surface area contributed by atoms with E-state index in [0.717, 1.165) is 22.6 Å². The Labute approximate surface area is 195 Å². The molecule has 0 atom stereocenters. The molecule has 176 valence electrons. The predicted molar refractivity (Wildman–Crippen MR) is 129 cm³/mol. The van der Waals surface area contributed by atoms with Crippen molar-refractivity contribution in [3.8, 4) is 11.4 Å². The molecule has 1 amide bonds. The maximum Gasteiger partial charge on any atom is 0.241 e. The van der Waals surface area contributed by atoms with E-state index in [1.54, 1.807) is 31.3 Å². The molecule has 0 aliphatic carbocycles. The molecule has 0 saturated heterocycles. The van der Waals surface area contributed by atoms with Crippen molar-refractivity contribution >= 4 is 21.6 Å². The monoisotopic (exact) mass is 470 g/mol. The Balaban J connectivity index is 1.65. The number of amides is 1.